The Morgan fingerprint density at radius 2 is 2.22 bits per heavy atom. The highest BCUT2D eigenvalue weighted by Crippen LogP contribution is 2.17. The van der Waals surface area contributed by atoms with E-state index >= 15 is 0 Å². The average Bonchev–Trinajstić information content (AvgIpc) is 2.32. The second-order valence-electron chi connectivity index (χ2n) is 4.41. The minimum atomic E-state index is 0. The fourth-order valence-corrected chi connectivity index (χ4v) is 2.54. The molecule has 5 heteroatoms. The number of nitrogens with one attached hydrogen (secondary N) is 1. The van der Waals surface area contributed by atoms with Crippen molar-refractivity contribution in [1.29, 1.82) is 0 Å². The van der Waals surface area contributed by atoms with Crippen molar-refractivity contribution < 1.29 is 4.79 Å². The van der Waals surface area contributed by atoms with Crippen molar-refractivity contribution in [2.75, 3.05) is 19.6 Å². The molecule has 1 atom stereocenters. The molecule has 100 valence electrons. The third kappa shape index (κ3) is 3.70. The van der Waals surface area contributed by atoms with Gasteiger partial charge in [-0.15, -0.1) is 12.4 Å². The lowest BCUT2D eigenvalue weighted by molar-refractivity contribution is -0.133. The molecule has 0 bridgehead atoms. The first kappa shape index (κ1) is 15.5. The highest BCUT2D eigenvalue weighted by atomic mass is 79.9. The summed E-state index contributed by atoms with van der Waals surface area (Å²) in [6, 6.07) is 8.19. The van der Waals surface area contributed by atoms with E-state index in [1.54, 1.807) is 0 Å². The molecule has 1 aliphatic heterocycles. The number of carbonyl (C=O) groups excluding carboxylic acids is 1. The Morgan fingerprint density at radius 1 is 1.50 bits per heavy atom. The molecule has 1 heterocycles. The molecule has 0 aromatic heterocycles. The Bertz CT molecular complexity index is 414. The van der Waals surface area contributed by atoms with E-state index in [-0.39, 0.29) is 18.3 Å². The molecular formula is C13H18BrClN2O. The molecule has 3 nitrogen and oxygen atoms in total. The van der Waals surface area contributed by atoms with Crippen molar-refractivity contribution in [3.8, 4) is 0 Å². The van der Waals surface area contributed by atoms with E-state index < -0.39 is 0 Å². The van der Waals surface area contributed by atoms with Gasteiger partial charge in [0.1, 0.15) is 0 Å². The molecule has 1 saturated heterocycles. The third-order valence-electron chi connectivity index (χ3n) is 3.12. The van der Waals surface area contributed by atoms with Gasteiger partial charge in [-0.05, 0) is 18.6 Å². The Balaban J connectivity index is 0.00000162. The van der Waals surface area contributed by atoms with E-state index in [1.807, 2.05) is 29.2 Å². The van der Waals surface area contributed by atoms with Crippen LogP contribution in [0.2, 0.25) is 0 Å². The average molecular weight is 334 g/mol. The standard InChI is InChI=1S/C13H17BrN2O.ClH/c1-10-9-15-6-7-16(10)13(17)8-11-4-2-3-5-12(11)14;/h2-5,10,15H,6-9H2,1H3;1H/t10-;/m1./s1. The Morgan fingerprint density at radius 3 is 2.89 bits per heavy atom. The molecule has 1 amide bonds. The molecule has 1 aromatic rings. The number of hydrogen-bond acceptors (Lipinski definition) is 2. The summed E-state index contributed by atoms with van der Waals surface area (Å²) in [6.07, 6.45) is 0.478. The molecule has 0 radical (unpaired) electrons. The van der Waals surface area contributed by atoms with Crippen LogP contribution in [0.1, 0.15) is 12.5 Å². The largest absolute Gasteiger partial charge is 0.337 e. The quantitative estimate of drug-likeness (QED) is 0.900. The van der Waals surface area contributed by atoms with Crippen molar-refractivity contribution in [3.05, 3.63) is 34.3 Å². The second-order valence-corrected chi connectivity index (χ2v) is 5.26. The molecule has 18 heavy (non-hydrogen) atoms. The fraction of sp³-hybridized carbons (Fsp3) is 0.462. The van der Waals surface area contributed by atoms with Gasteiger partial charge in [0.2, 0.25) is 5.91 Å². The van der Waals surface area contributed by atoms with Crippen LogP contribution in [0.25, 0.3) is 0 Å². The second kappa shape index (κ2) is 7.12. The van der Waals surface area contributed by atoms with E-state index in [2.05, 4.69) is 28.2 Å². The van der Waals surface area contributed by atoms with Gasteiger partial charge >= 0.3 is 0 Å². The van der Waals surface area contributed by atoms with E-state index in [0.29, 0.717) is 12.5 Å². The Hall–Kier alpha value is -0.580. The maximum atomic E-state index is 12.2. The van der Waals surface area contributed by atoms with Gasteiger partial charge in [0, 0.05) is 30.1 Å². The molecule has 0 spiro atoms. The van der Waals surface area contributed by atoms with Crippen LogP contribution in [-0.2, 0) is 11.2 Å². The maximum Gasteiger partial charge on any atom is 0.227 e. The van der Waals surface area contributed by atoms with Gasteiger partial charge in [-0.3, -0.25) is 4.79 Å². The SMILES string of the molecule is C[C@@H]1CNCCN1C(=O)Cc1ccccc1Br.Cl. The van der Waals surface area contributed by atoms with Crippen LogP contribution in [0.4, 0.5) is 0 Å². The van der Waals surface area contributed by atoms with Gasteiger partial charge in [-0.1, -0.05) is 34.1 Å². The van der Waals surface area contributed by atoms with Gasteiger partial charge in [0.05, 0.1) is 6.42 Å². The summed E-state index contributed by atoms with van der Waals surface area (Å²) in [5, 5.41) is 3.29. The molecular weight excluding hydrogens is 316 g/mol. The van der Waals surface area contributed by atoms with Gasteiger partial charge < -0.3 is 10.2 Å². The van der Waals surface area contributed by atoms with Crippen LogP contribution in [0.3, 0.4) is 0 Å². The fourth-order valence-electron chi connectivity index (χ4n) is 2.12. The van der Waals surface area contributed by atoms with E-state index in [1.165, 1.54) is 0 Å². The third-order valence-corrected chi connectivity index (χ3v) is 3.89. The molecule has 1 aromatic carbocycles. The van der Waals surface area contributed by atoms with Crippen molar-refractivity contribution in [1.82, 2.24) is 10.2 Å². The molecule has 0 saturated carbocycles. The van der Waals surface area contributed by atoms with E-state index in [4.69, 9.17) is 0 Å². The number of benzene rings is 1. The topological polar surface area (TPSA) is 32.3 Å². The zero-order valence-electron chi connectivity index (χ0n) is 10.4. The summed E-state index contributed by atoms with van der Waals surface area (Å²) >= 11 is 3.48. The number of nitrogens with zero attached hydrogens (tertiary/aromatic N) is 1. The molecule has 0 unspecified atom stereocenters. The number of hydrogen-bond donors (Lipinski definition) is 1. The minimum Gasteiger partial charge on any atom is -0.337 e. The highest BCUT2D eigenvalue weighted by Gasteiger charge is 2.23. The number of amides is 1. The summed E-state index contributed by atoms with van der Waals surface area (Å²) in [5.41, 5.74) is 1.06. The lowest BCUT2D eigenvalue weighted by Gasteiger charge is -2.34. The van der Waals surface area contributed by atoms with Crippen LogP contribution in [0.15, 0.2) is 28.7 Å². The first-order valence-corrected chi connectivity index (χ1v) is 6.71. The normalized spacial score (nSPS) is 19.2. The van der Waals surface area contributed by atoms with Crippen LogP contribution >= 0.6 is 28.3 Å². The monoisotopic (exact) mass is 332 g/mol. The lowest BCUT2D eigenvalue weighted by atomic mass is 10.1. The van der Waals surface area contributed by atoms with E-state index in [9.17, 15) is 4.79 Å². The highest BCUT2D eigenvalue weighted by molar-refractivity contribution is 9.10. The molecule has 1 N–H and O–H groups in total. The number of rotatable bonds is 2. The maximum absolute atomic E-state index is 12.2. The minimum absolute atomic E-state index is 0. The molecule has 2 rings (SSSR count). The van der Waals surface area contributed by atoms with Gasteiger partial charge in [-0.2, -0.15) is 0 Å². The predicted molar refractivity (Wildman–Crippen MR) is 79.1 cm³/mol. The first-order chi connectivity index (χ1) is 8.18. The van der Waals surface area contributed by atoms with Crippen molar-refractivity contribution >= 4 is 34.2 Å². The Kier molecular flexibility index (Phi) is 6.12. The number of halogens is 2. The zero-order chi connectivity index (χ0) is 12.3. The molecule has 1 aliphatic rings. The van der Waals surface area contributed by atoms with Crippen LogP contribution in [0.5, 0.6) is 0 Å². The molecule has 1 fully saturated rings. The summed E-state index contributed by atoms with van der Waals surface area (Å²) in [7, 11) is 0. The smallest absolute Gasteiger partial charge is 0.227 e. The van der Waals surface area contributed by atoms with Gasteiger partial charge in [-0.25, -0.2) is 0 Å². The van der Waals surface area contributed by atoms with Crippen LogP contribution < -0.4 is 5.32 Å². The summed E-state index contributed by atoms with van der Waals surface area (Å²) in [6.45, 7) is 4.68. The van der Waals surface area contributed by atoms with E-state index in [0.717, 1.165) is 29.7 Å². The Labute approximate surface area is 122 Å². The van der Waals surface area contributed by atoms with Crippen LogP contribution in [0, 0.1) is 0 Å². The summed E-state index contributed by atoms with van der Waals surface area (Å²) in [4.78, 5) is 14.2. The zero-order valence-corrected chi connectivity index (χ0v) is 12.8. The lowest BCUT2D eigenvalue weighted by Crippen LogP contribution is -2.52. The molecule has 0 aliphatic carbocycles. The van der Waals surface area contributed by atoms with Crippen molar-refractivity contribution in [3.63, 3.8) is 0 Å². The first-order valence-electron chi connectivity index (χ1n) is 5.92. The van der Waals surface area contributed by atoms with Gasteiger partial charge in [0.25, 0.3) is 0 Å². The summed E-state index contributed by atoms with van der Waals surface area (Å²) in [5.74, 6) is 0.214. The predicted octanol–water partition coefficient (Wildman–Crippen LogP) is 2.23. The van der Waals surface area contributed by atoms with Crippen LogP contribution in [-0.4, -0.2) is 36.5 Å². The number of carbonyl (C=O) groups is 1. The van der Waals surface area contributed by atoms with Crippen molar-refractivity contribution in [2.24, 2.45) is 0 Å². The number of piperazine rings is 1. The van der Waals surface area contributed by atoms with Crippen molar-refractivity contribution in [2.45, 2.75) is 19.4 Å². The van der Waals surface area contributed by atoms with Gasteiger partial charge in [0.15, 0.2) is 0 Å². The summed E-state index contributed by atoms with van der Waals surface area (Å²) < 4.78 is 1.01.